The summed E-state index contributed by atoms with van der Waals surface area (Å²) in [6.07, 6.45) is 2.77. The van der Waals surface area contributed by atoms with Crippen molar-refractivity contribution >= 4 is 11.8 Å². The average molecular weight is 238 g/mol. The number of hydrogen-bond acceptors (Lipinski definition) is 4. The molecule has 0 aromatic rings. The van der Waals surface area contributed by atoms with Crippen LogP contribution in [0.25, 0.3) is 0 Å². The van der Waals surface area contributed by atoms with Crippen LogP contribution in [0.4, 0.5) is 0 Å². The zero-order valence-corrected chi connectivity index (χ0v) is 10.0. The molecule has 3 rings (SSSR count). The van der Waals surface area contributed by atoms with Crippen molar-refractivity contribution in [2.24, 2.45) is 17.8 Å². The van der Waals surface area contributed by atoms with Gasteiger partial charge in [-0.15, -0.1) is 0 Å². The number of fused-ring (bicyclic) bond motifs is 1. The third-order valence-electron chi connectivity index (χ3n) is 4.20. The Morgan fingerprint density at radius 1 is 1.29 bits per heavy atom. The van der Waals surface area contributed by atoms with Gasteiger partial charge in [-0.25, -0.2) is 0 Å². The number of amides is 2. The molecule has 2 saturated heterocycles. The molecule has 1 saturated carbocycles. The van der Waals surface area contributed by atoms with Gasteiger partial charge in [0, 0.05) is 26.7 Å². The standard InChI is InChI=1S/C12H18N2O3/c1-17-10(7-2-3-7)6-14-4-8-9(5-14)12(16)13-11(8)15/h7-10H,2-6H2,1H3,(H,13,15,16)/t8-,9+,10?. The number of ether oxygens (including phenoxy) is 1. The van der Waals surface area contributed by atoms with Crippen molar-refractivity contribution in [3.63, 3.8) is 0 Å². The zero-order chi connectivity index (χ0) is 12.0. The summed E-state index contributed by atoms with van der Waals surface area (Å²) in [6.45, 7) is 2.26. The lowest BCUT2D eigenvalue weighted by Crippen LogP contribution is -2.37. The lowest BCUT2D eigenvalue weighted by atomic mass is 10.00. The van der Waals surface area contributed by atoms with Gasteiger partial charge in [0.1, 0.15) is 0 Å². The average Bonchev–Trinajstić information content (AvgIpc) is 2.99. The normalized spacial score (nSPS) is 34.9. The maximum absolute atomic E-state index is 11.5. The summed E-state index contributed by atoms with van der Waals surface area (Å²) in [4.78, 5) is 25.3. The van der Waals surface area contributed by atoms with Gasteiger partial charge < -0.3 is 4.74 Å². The number of nitrogens with zero attached hydrogens (tertiary/aromatic N) is 1. The highest BCUT2D eigenvalue weighted by Crippen LogP contribution is 2.36. The highest BCUT2D eigenvalue weighted by molar-refractivity contribution is 6.05. The van der Waals surface area contributed by atoms with Gasteiger partial charge in [-0.2, -0.15) is 0 Å². The third kappa shape index (κ3) is 1.98. The van der Waals surface area contributed by atoms with Gasteiger partial charge in [0.05, 0.1) is 17.9 Å². The molecule has 5 nitrogen and oxygen atoms in total. The van der Waals surface area contributed by atoms with Gasteiger partial charge in [-0.05, 0) is 18.8 Å². The number of methoxy groups -OCH3 is 1. The minimum atomic E-state index is -0.126. The molecule has 1 unspecified atom stereocenters. The molecule has 3 atom stereocenters. The van der Waals surface area contributed by atoms with Crippen molar-refractivity contribution in [3.05, 3.63) is 0 Å². The van der Waals surface area contributed by atoms with E-state index in [1.54, 1.807) is 7.11 Å². The Balaban J connectivity index is 1.60. The lowest BCUT2D eigenvalue weighted by molar-refractivity contribution is -0.126. The molecular formula is C12H18N2O3. The van der Waals surface area contributed by atoms with Crippen molar-refractivity contribution in [1.29, 1.82) is 0 Å². The molecule has 0 bridgehead atoms. The molecule has 2 amide bonds. The predicted octanol–water partition coefficient (Wildman–Crippen LogP) is -0.384. The smallest absolute Gasteiger partial charge is 0.231 e. The molecule has 0 spiro atoms. The van der Waals surface area contributed by atoms with E-state index in [1.165, 1.54) is 12.8 Å². The third-order valence-corrected chi connectivity index (χ3v) is 4.20. The number of carbonyl (C=O) groups excluding carboxylic acids is 2. The fourth-order valence-electron chi connectivity index (χ4n) is 3.01. The van der Waals surface area contributed by atoms with E-state index in [1.807, 2.05) is 0 Å². The lowest BCUT2D eigenvalue weighted by Gasteiger charge is -2.22. The maximum atomic E-state index is 11.5. The van der Waals surface area contributed by atoms with E-state index < -0.39 is 0 Å². The fourth-order valence-corrected chi connectivity index (χ4v) is 3.01. The van der Waals surface area contributed by atoms with E-state index in [-0.39, 0.29) is 29.8 Å². The van der Waals surface area contributed by atoms with Crippen LogP contribution in [0, 0.1) is 17.8 Å². The molecular weight excluding hydrogens is 220 g/mol. The Kier molecular flexibility index (Phi) is 2.67. The molecule has 17 heavy (non-hydrogen) atoms. The van der Waals surface area contributed by atoms with Crippen LogP contribution in [-0.4, -0.2) is 49.6 Å². The number of nitrogens with one attached hydrogen (secondary N) is 1. The Morgan fingerprint density at radius 3 is 2.35 bits per heavy atom. The summed E-state index contributed by atoms with van der Waals surface area (Å²) in [5.41, 5.74) is 0. The summed E-state index contributed by atoms with van der Waals surface area (Å²) in [7, 11) is 1.75. The van der Waals surface area contributed by atoms with Crippen LogP contribution in [0.1, 0.15) is 12.8 Å². The van der Waals surface area contributed by atoms with Crippen LogP contribution in [0.2, 0.25) is 0 Å². The van der Waals surface area contributed by atoms with Crippen molar-refractivity contribution < 1.29 is 14.3 Å². The second kappa shape index (κ2) is 4.07. The molecule has 2 heterocycles. The Labute approximate surface area is 100 Å². The minimum Gasteiger partial charge on any atom is -0.380 e. The number of hydrogen-bond donors (Lipinski definition) is 1. The quantitative estimate of drug-likeness (QED) is 0.678. The van der Waals surface area contributed by atoms with Crippen LogP contribution in [-0.2, 0) is 14.3 Å². The second-order valence-corrected chi connectivity index (χ2v) is 5.40. The van der Waals surface area contributed by atoms with Gasteiger partial charge in [0.25, 0.3) is 0 Å². The monoisotopic (exact) mass is 238 g/mol. The van der Waals surface area contributed by atoms with Crippen molar-refractivity contribution in [2.45, 2.75) is 18.9 Å². The highest BCUT2D eigenvalue weighted by Gasteiger charge is 2.48. The molecule has 3 aliphatic rings. The Morgan fingerprint density at radius 2 is 1.88 bits per heavy atom. The van der Waals surface area contributed by atoms with Gasteiger partial charge in [-0.1, -0.05) is 0 Å². The topological polar surface area (TPSA) is 58.6 Å². The van der Waals surface area contributed by atoms with Crippen LogP contribution in [0.3, 0.4) is 0 Å². The first-order chi connectivity index (χ1) is 8.19. The molecule has 3 fully saturated rings. The van der Waals surface area contributed by atoms with Crippen molar-refractivity contribution in [1.82, 2.24) is 10.2 Å². The summed E-state index contributed by atoms with van der Waals surface area (Å²) in [5, 5.41) is 2.41. The largest absolute Gasteiger partial charge is 0.380 e. The Bertz CT molecular complexity index is 332. The highest BCUT2D eigenvalue weighted by atomic mass is 16.5. The second-order valence-electron chi connectivity index (χ2n) is 5.40. The van der Waals surface area contributed by atoms with Gasteiger partial charge >= 0.3 is 0 Å². The van der Waals surface area contributed by atoms with E-state index in [2.05, 4.69) is 10.2 Å². The summed E-state index contributed by atoms with van der Waals surface area (Å²) in [6, 6.07) is 0. The zero-order valence-electron chi connectivity index (χ0n) is 10.0. The van der Waals surface area contributed by atoms with Crippen molar-refractivity contribution in [2.75, 3.05) is 26.7 Å². The molecule has 0 aromatic heterocycles. The van der Waals surface area contributed by atoms with Gasteiger partial charge in [-0.3, -0.25) is 19.8 Å². The number of likely N-dealkylation sites (tertiary alicyclic amines) is 1. The molecule has 94 valence electrons. The predicted molar refractivity (Wildman–Crippen MR) is 60.1 cm³/mol. The van der Waals surface area contributed by atoms with Crippen molar-refractivity contribution in [3.8, 4) is 0 Å². The molecule has 0 aromatic carbocycles. The first-order valence-corrected chi connectivity index (χ1v) is 6.29. The van der Waals surface area contributed by atoms with Crippen LogP contribution in [0.5, 0.6) is 0 Å². The molecule has 5 heteroatoms. The van der Waals surface area contributed by atoms with Crippen LogP contribution in [0.15, 0.2) is 0 Å². The summed E-state index contributed by atoms with van der Waals surface area (Å²) < 4.78 is 5.48. The first-order valence-electron chi connectivity index (χ1n) is 6.29. The van der Waals surface area contributed by atoms with Crippen LogP contribution < -0.4 is 5.32 Å². The SMILES string of the molecule is COC(CN1C[C@@H]2C(=O)NC(=O)[C@@H]2C1)C1CC1. The van der Waals surface area contributed by atoms with E-state index in [9.17, 15) is 9.59 Å². The number of imide groups is 1. The van der Waals surface area contributed by atoms with E-state index in [0.717, 1.165) is 6.54 Å². The van der Waals surface area contributed by atoms with Gasteiger partial charge in [0.2, 0.25) is 11.8 Å². The van der Waals surface area contributed by atoms with E-state index in [0.29, 0.717) is 19.0 Å². The fraction of sp³-hybridized carbons (Fsp3) is 0.833. The van der Waals surface area contributed by atoms with E-state index >= 15 is 0 Å². The molecule has 0 radical (unpaired) electrons. The van der Waals surface area contributed by atoms with E-state index in [4.69, 9.17) is 4.74 Å². The van der Waals surface area contributed by atoms with Gasteiger partial charge in [0.15, 0.2) is 0 Å². The summed E-state index contributed by atoms with van der Waals surface area (Å²) >= 11 is 0. The molecule has 1 aliphatic carbocycles. The molecule has 2 aliphatic heterocycles. The summed E-state index contributed by atoms with van der Waals surface area (Å²) in [5.74, 6) is 0.245. The minimum absolute atomic E-state index is 0.0945. The maximum Gasteiger partial charge on any atom is 0.231 e. The number of carbonyl (C=O) groups is 2. The molecule has 1 N–H and O–H groups in total. The van der Waals surface area contributed by atoms with Crippen LogP contribution >= 0.6 is 0 Å². The number of rotatable bonds is 4. The Hall–Kier alpha value is -0.940. The first kappa shape index (κ1) is 11.2.